The number of furan rings is 1. The van der Waals surface area contributed by atoms with E-state index in [-0.39, 0.29) is 11.9 Å². The lowest BCUT2D eigenvalue weighted by Crippen LogP contribution is -2.32. The van der Waals surface area contributed by atoms with Crippen LogP contribution >= 0.6 is 0 Å². The van der Waals surface area contributed by atoms with E-state index < -0.39 is 6.10 Å². The number of nitrogens with zero attached hydrogens (tertiary/aromatic N) is 1. The Morgan fingerprint density at radius 3 is 3.00 bits per heavy atom. The van der Waals surface area contributed by atoms with Crippen molar-refractivity contribution < 1.29 is 19.1 Å². The van der Waals surface area contributed by atoms with Crippen molar-refractivity contribution in [1.29, 1.82) is 0 Å². The Balaban J connectivity index is 1.92. The number of benzene rings is 1. The van der Waals surface area contributed by atoms with Crippen LogP contribution in [0, 0.1) is 0 Å². The molecule has 1 N–H and O–H groups in total. The second-order valence-corrected chi connectivity index (χ2v) is 5.75. The monoisotopic (exact) mass is 315 g/mol. The molecule has 0 spiro atoms. The van der Waals surface area contributed by atoms with Gasteiger partial charge in [-0.05, 0) is 30.2 Å². The highest BCUT2D eigenvalue weighted by Gasteiger charge is 2.36. The quantitative estimate of drug-likeness (QED) is 0.942. The number of hydrogen-bond donors (Lipinski definition) is 1. The molecule has 2 aromatic rings. The number of carbonyl (C=O) groups is 1. The van der Waals surface area contributed by atoms with E-state index in [9.17, 15) is 9.90 Å². The number of methoxy groups -OCH3 is 1. The molecule has 2 atom stereocenters. The number of amides is 1. The van der Waals surface area contributed by atoms with E-state index in [1.54, 1.807) is 24.3 Å². The number of aliphatic hydroxyl groups is 1. The number of hydrogen-bond acceptors (Lipinski definition) is 4. The van der Waals surface area contributed by atoms with Crippen molar-refractivity contribution in [3.8, 4) is 5.75 Å². The van der Waals surface area contributed by atoms with Gasteiger partial charge in [-0.1, -0.05) is 19.1 Å². The van der Waals surface area contributed by atoms with Gasteiger partial charge in [0, 0.05) is 13.0 Å². The number of β-amino-alcohol motifs (C(OH)–C–C–N with tert-alkyl or cyclic N) is 1. The highest BCUT2D eigenvalue weighted by molar-refractivity contribution is 5.95. The first kappa shape index (κ1) is 15.6. The normalized spacial score (nSPS) is 20.7. The molecule has 0 radical (unpaired) electrons. The predicted molar refractivity (Wildman–Crippen MR) is 85.5 cm³/mol. The summed E-state index contributed by atoms with van der Waals surface area (Å²) in [6, 6.07) is 9.19. The first-order valence-corrected chi connectivity index (χ1v) is 7.83. The average molecular weight is 315 g/mol. The zero-order valence-electron chi connectivity index (χ0n) is 13.4. The standard InChI is InChI=1S/C18H21NO4/c1-3-17-15(7-8-23-17)18(21)19-11-13(20)10-16(19)12-5-4-6-14(9-12)22-2/h4-9,13,16,20H,3,10-11H2,1-2H3/t13-,16+/m1/s1. The Morgan fingerprint density at radius 1 is 1.43 bits per heavy atom. The summed E-state index contributed by atoms with van der Waals surface area (Å²) in [6.07, 6.45) is 2.21. The summed E-state index contributed by atoms with van der Waals surface area (Å²) >= 11 is 0. The summed E-state index contributed by atoms with van der Waals surface area (Å²) in [5, 5.41) is 10.1. The minimum absolute atomic E-state index is 0.0973. The van der Waals surface area contributed by atoms with E-state index >= 15 is 0 Å². The van der Waals surface area contributed by atoms with Crippen molar-refractivity contribution in [1.82, 2.24) is 4.90 Å². The summed E-state index contributed by atoms with van der Waals surface area (Å²) in [6.45, 7) is 2.28. The molecule has 0 aliphatic carbocycles. The van der Waals surface area contributed by atoms with Crippen LogP contribution in [0.4, 0.5) is 0 Å². The van der Waals surface area contributed by atoms with Crippen molar-refractivity contribution in [2.45, 2.75) is 31.9 Å². The molecular weight excluding hydrogens is 294 g/mol. The molecule has 1 aromatic heterocycles. The average Bonchev–Trinajstić information content (AvgIpc) is 3.20. The van der Waals surface area contributed by atoms with Gasteiger partial charge in [0.05, 0.1) is 31.1 Å². The highest BCUT2D eigenvalue weighted by Crippen LogP contribution is 2.35. The van der Waals surface area contributed by atoms with Crippen molar-refractivity contribution in [2.75, 3.05) is 13.7 Å². The van der Waals surface area contributed by atoms with Crippen molar-refractivity contribution >= 4 is 5.91 Å². The predicted octanol–water partition coefficient (Wildman–Crippen LogP) is 2.80. The molecule has 1 fully saturated rings. The van der Waals surface area contributed by atoms with Crippen LogP contribution in [0.1, 0.15) is 41.1 Å². The molecule has 0 unspecified atom stereocenters. The van der Waals surface area contributed by atoms with Crippen LogP contribution in [0.25, 0.3) is 0 Å². The van der Waals surface area contributed by atoms with Crippen molar-refractivity contribution in [3.05, 3.63) is 53.5 Å². The Bertz CT molecular complexity index is 694. The summed E-state index contributed by atoms with van der Waals surface area (Å²) < 4.78 is 10.6. The number of ether oxygens (including phenoxy) is 1. The first-order chi connectivity index (χ1) is 11.1. The fourth-order valence-corrected chi connectivity index (χ4v) is 3.16. The Kier molecular flexibility index (Phi) is 4.39. The molecule has 2 heterocycles. The summed E-state index contributed by atoms with van der Waals surface area (Å²) in [5.41, 5.74) is 1.55. The van der Waals surface area contributed by atoms with Crippen LogP contribution in [0.5, 0.6) is 5.75 Å². The van der Waals surface area contributed by atoms with E-state index in [0.717, 1.165) is 11.3 Å². The fourth-order valence-electron chi connectivity index (χ4n) is 3.16. The minimum atomic E-state index is -0.521. The third-order valence-corrected chi connectivity index (χ3v) is 4.32. The zero-order chi connectivity index (χ0) is 16.4. The summed E-state index contributed by atoms with van der Waals surface area (Å²) in [4.78, 5) is 14.6. The third-order valence-electron chi connectivity index (χ3n) is 4.32. The molecule has 0 saturated carbocycles. The van der Waals surface area contributed by atoms with E-state index in [1.807, 2.05) is 31.2 Å². The lowest BCUT2D eigenvalue weighted by Gasteiger charge is -2.25. The number of likely N-dealkylation sites (tertiary alicyclic amines) is 1. The van der Waals surface area contributed by atoms with Crippen LogP contribution in [-0.2, 0) is 6.42 Å². The van der Waals surface area contributed by atoms with Crippen LogP contribution in [0.15, 0.2) is 41.0 Å². The largest absolute Gasteiger partial charge is 0.497 e. The molecule has 5 nitrogen and oxygen atoms in total. The molecule has 23 heavy (non-hydrogen) atoms. The number of rotatable bonds is 4. The molecule has 1 saturated heterocycles. The Morgan fingerprint density at radius 2 is 2.26 bits per heavy atom. The lowest BCUT2D eigenvalue weighted by atomic mass is 10.0. The molecule has 0 bridgehead atoms. The van der Waals surface area contributed by atoms with Gasteiger partial charge < -0.3 is 19.2 Å². The second-order valence-electron chi connectivity index (χ2n) is 5.75. The van der Waals surface area contributed by atoms with Gasteiger partial charge in [0.2, 0.25) is 0 Å². The SMILES string of the molecule is CCc1occc1C(=O)N1C[C@H](O)C[C@H]1c1cccc(OC)c1. The maximum Gasteiger partial charge on any atom is 0.258 e. The Labute approximate surface area is 135 Å². The molecule has 5 heteroatoms. The van der Waals surface area contributed by atoms with Gasteiger partial charge in [-0.2, -0.15) is 0 Å². The highest BCUT2D eigenvalue weighted by atomic mass is 16.5. The molecule has 1 aromatic carbocycles. The van der Waals surface area contributed by atoms with Gasteiger partial charge in [0.15, 0.2) is 0 Å². The van der Waals surface area contributed by atoms with E-state index in [4.69, 9.17) is 9.15 Å². The summed E-state index contributed by atoms with van der Waals surface area (Å²) in [7, 11) is 1.62. The zero-order valence-corrected chi connectivity index (χ0v) is 13.4. The Hall–Kier alpha value is -2.27. The topological polar surface area (TPSA) is 62.9 Å². The van der Waals surface area contributed by atoms with Gasteiger partial charge in [-0.25, -0.2) is 0 Å². The van der Waals surface area contributed by atoms with Gasteiger partial charge in [0.1, 0.15) is 11.5 Å². The van der Waals surface area contributed by atoms with Crippen LogP contribution in [0.2, 0.25) is 0 Å². The van der Waals surface area contributed by atoms with E-state index in [1.165, 1.54) is 0 Å². The number of aliphatic hydroxyl groups excluding tert-OH is 1. The fraction of sp³-hybridized carbons (Fsp3) is 0.389. The van der Waals surface area contributed by atoms with Gasteiger partial charge in [0.25, 0.3) is 5.91 Å². The molecule has 1 amide bonds. The molecule has 1 aliphatic rings. The van der Waals surface area contributed by atoms with E-state index in [2.05, 4.69) is 0 Å². The molecule has 3 rings (SSSR count). The van der Waals surface area contributed by atoms with Gasteiger partial charge >= 0.3 is 0 Å². The van der Waals surface area contributed by atoms with Crippen LogP contribution in [-0.4, -0.2) is 35.7 Å². The van der Waals surface area contributed by atoms with Gasteiger partial charge in [-0.3, -0.25) is 4.79 Å². The smallest absolute Gasteiger partial charge is 0.258 e. The minimum Gasteiger partial charge on any atom is -0.497 e. The second kappa shape index (κ2) is 6.46. The van der Waals surface area contributed by atoms with Crippen molar-refractivity contribution in [2.24, 2.45) is 0 Å². The maximum atomic E-state index is 12.9. The molecular formula is C18H21NO4. The third kappa shape index (κ3) is 2.97. The number of aryl methyl sites for hydroxylation is 1. The lowest BCUT2D eigenvalue weighted by molar-refractivity contribution is 0.0713. The van der Waals surface area contributed by atoms with Crippen LogP contribution < -0.4 is 4.74 Å². The summed E-state index contributed by atoms with van der Waals surface area (Å²) in [5.74, 6) is 1.33. The molecule has 1 aliphatic heterocycles. The van der Waals surface area contributed by atoms with Crippen LogP contribution in [0.3, 0.4) is 0 Å². The number of carbonyl (C=O) groups excluding carboxylic acids is 1. The van der Waals surface area contributed by atoms with Crippen molar-refractivity contribution in [3.63, 3.8) is 0 Å². The van der Waals surface area contributed by atoms with Gasteiger partial charge in [-0.15, -0.1) is 0 Å². The molecule has 122 valence electrons. The maximum absolute atomic E-state index is 12.9. The van der Waals surface area contributed by atoms with E-state index in [0.29, 0.717) is 30.7 Å². The first-order valence-electron chi connectivity index (χ1n) is 7.83.